The first-order valence-electron chi connectivity index (χ1n) is 10.7. The fourth-order valence-corrected chi connectivity index (χ4v) is 4.18. The molecule has 0 spiro atoms. The number of methoxy groups -OCH3 is 2. The van der Waals surface area contributed by atoms with Crippen LogP contribution >= 0.6 is 0 Å². The maximum Gasteiger partial charge on any atom is 0.300 e. The fourth-order valence-electron chi connectivity index (χ4n) is 4.18. The molecule has 4 rings (SSSR count). The molecular weight excluding hydrogens is 432 g/mol. The van der Waals surface area contributed by atoms with Crippen molar-refractivity contribution in [1.29, 1.82) is 0 Å². The van der Waals surface area contributed by atoms with E-state index in [0.29, 0.717) is 22.7 Å². The van der Waals surface area contributed by atoms with Crippen molar-refractivity contribution in [2.75, 3.05) is 38.1 Å². The molecule has 7 nitrogen and oxygen atoms in total. The molecule has 34 heavy (non-hydrogen) atoms. The third-order valence-corrected chi connectivity index (χ3v) is 5.87. The van der Waals surface area contributed by atoms with Crippen molar-refractivity contribution in [3.05, 3.63) is 89.5 Å². The van der Waals surface area contributed by atoms with Gasteiger partial charge in [0, 0.05) is 25.5 Å². The first-order valence-corrected chi connectivity index (χ1v) is 10.7. The van der Waals surface area contributed by atoms with Crippen LogP contribution in [0, 0.1) is 0 Å². The van der Waals surface area contributed by atoms with Gasteiger partial charge >= 0.3 is 0 Å². The summed E-state index contributed by atoms with van der Waals surface area (Å²) in [6.07, 6.45) is 0. The van der Waals surface area contributed by atoms with Crippen LogP contribution < -0.4 is 19.3 Å². The van der Waals surface area contributed by atoms with E-state index in [2.05, 4.69) is 0 Å². The number of carbonyl (C=O) groups excluding carboxylic acids is 2. The van der Waals surface area contributed by atoms with Gasteiger partial charge in [-0.2, -0.15) is 0 Å². The van der Waals surface area contributed by atoms with E-state index in [1.807, 2.05) is 49.3 Å². The molecular formula is C27H26N2O5. The second kappa shape index (κ2) is 9.31. The van der Waals surface area contributed by atoms with E-state index in [1.165, 1.54) is 19.1 Å². The van der Waals surface area contributed by atoms with Crippen LogP contribution in [0.5, 0.6) is 11.5 Å². The fraction of sp³-hybridized carbons (Fsp3) is 0.185. The zero-order valence-electron chi connectivity index (χ0n) is 19.5. The molecule has 174 valence electrons. The highest BCUT2D eigenvalue weighted by Crippen LogP contribution is 2.45. The number of aliphatic hydroxyl groups is 1. The second-order valence-electron chi connectivity index (χ2n) is 8.03. The van der Waals surface area contributed by atoms with Gasteiger partial charge in [-0.1, -0.05) is 36.4 Å². The van der Waals surface area contributed by atoms with Crippen molar-refractivity contribution in [2.24, 2.45) is 0 Å². The highest BCUT2D eigenvalue weighted by Gasteiger charge is 2.47. The van der Waals surface area contributed by atoms with Crippen LogP contribution in [0.25, 0.3) is 5.76 Å². The topological polar surface area (TPSA) is 79.3 Å². The van der Waals surface area contributed by atoms with Crippen molar-refractivity contribution in [3.8, 4) is 11.5 Å². The zero-order valence-corrected chi connectivity index (χ0v) is 19.5. The van der Waals surface area contributed by atoms with Crippen LogP contribution in [0.3, 0.4) is 0 Å². The lowest BCUT2D eigenvalue weighted by Crippen LogP contribution is -2.29. The Hall–Kier alpha value is -4.26. The number of ether oxygens (including phenoxy) is 2. The lowest BCUT2D eigenvalue weighted by molar-refractivity contribution is -0.132. The Bertz CT molecular complexity index is 1230. The summed E-state index contributed by atoms with van der Waals surface area (Å²) in [5.41, 5.74) is 2.39. The number of amides is 1. The molecule has 1 unspecified atom stereocenters. The van der Waals surface area contributed by atoms with E-state index < -0.39 is 17.7 Å². The molecule has 1 fully saturated rings. The van der Waals surface area contributed by atoms with Gasteiger partial charge in [0.2, 0.25) is 0 Å². The van der Waals surface area contributed by atoms with E-state index in [1.54, 1.807) is 42.5 Å². The Morgan fingerprint density at radius 2 is 1.44 bits per heavy atom. The Morgan fingerprint density at radius 3 is 1.97 bits per heavy atom. The molecule has 0 radical (unpaired) electrons. The highest BCUT2D eigenvalue weighted by molar-refractivity contribution is 6.51. The van der Waals surface area contributed by atoms with Crippen molar-refractivity contribution in [1.82, 2.24) is 0 Å². The lowest BCUT2D eigenvalue weighted by atomic mass is 9.94. The minimum atomic E-state index is -0.840. The third-order valence-electron chi connectivity index (χ3n) is 5.87. The van der Waals surface area contributed by atoms with Crippen LogP contribution in [0.1, 0.15) is 17.2 Å². The van der Waals surface area contributed by atoms with E-state index in [0.717, 1.165) is 5.69 Å². The molecule has 1 atom stereocenters. The van der Waals surface area contributed by atoms with E-state index in [9.17, 15) is 14.7 Å². The molecule has 3 aromatic carbocycles. The molecule has 0 bridgehead atoms. The maximum atomic E-state index is 13.4. The number of Topliss-reactive ketones (excluding diaryl/α,β-unsaturated/α-hetero) is 1. The summed E-state index contributed by atoms with van der Waals surface area (Å²) in [5.74, 6) is -1.21. The molecule has 1 N–H and O–H groups in total. The number of rotatable bonds is 6. The minimum absolute atomic E-state index is 0.0331. The van der Waals surface area contributed by atoms with Crippen LogP contribution in [0.2, 0.25) is 0 Å². The van der Waals surface area contributed by atoms with Gasteiger partial charge in [-0.25, -0.2) is 0 Å². The predicted molar refractivity (Wildman–Crippen MR) is 132 cm³/mol. The highest BCUT2D eigenvalue weighted by atomic mass is 16.5. The van der Waals surface area contributed by atoms with E-state index in [-0.39, 0.29) is 16.9 Å². The molecule has 0 saturated carbocycles. The second-order valence-corrected chi connectivity index (χ2v) is 8.03. The summed E-state index contributed by atoms with van der Waals surface area (Å²) in [6.45, 7) is 0. The molecule has 3 aromatic rings. The Morgan fingerprint density at radius 1 is 0.853 bits per heavy atom. The lowest BCUT2D eigenvalue weighted by Gasteiger charge is -2.26. The van der Waals surface area contributed by atoms with Gasteiger partial charge in [0.25, 0.3) is 11.7 Å². The first-order chi connectivity index (χ1) is 16.4. The molecule has 1 amide bonds. The average Bonchev–Trinajstić information content (AvgIpc) is 3.13. The molecule has 1 aliphatic heterocycles. The van der Waals surface area contributed by atoms with Gasteiger partial charge in [-0.3, -0.25) is 14.5 Å². The van der Waals surface area contributed by atoms with E-state index in [4.69, 9.17) is 9.47 Å². The summed E-state index contributed by atoms with van der Waals surface area (Å²) >= 11 is 0. The van der Waals surface area contributed by atoms with Gasteiger partial charge in [-0.15, -0.1) is 0 Å². The number of aliphatic hydroxyl groups excluding tert-OH is 1. The average molecular weight is 459 g/mol. The number of carbonyl (C=O) groups is 2. The monoisotopic (exact) mass is 458 g/mol. The van der Waals surface area contributed by atoms with Crippen LogP contribution in [0.15, 0.2) is 78.4 Å². The van der Waals surface area contributed by atoms with Crippen LogP contribution in [0.4, 0.5) is 11.4 Å². The standard InChI is InChI=1S/C27H26N2O5/c1-28(2)18-15-13-17(14-16-18)24-23(25(30)22-20(33-3)11-8-12-21(22)34-4)26(31)27(32)29(24)19-9-6-5-7-10-19/h5-16,24,30H,1-4H3/b25-23+. The quantitative estimate of drug-likeness (QED) is 0.335. The SMILES string of the molecule is COc1cccc(OC)c1/C(O)=C1\C(=O)C(=O)N(c2ccccc2)C1c1ccc(N(C)C)cc1. The smallest absolute Gasteiger partial charge is 0.300 e. The number of benzene rings is 3. The van der Waals surface area contributed by atoms with Crippen molar-refractivity contribution < 1.29 is 24.2 Å². The summed E-state index contributed by atoms with van der Waals surface area (Å²) < 4.78 is 10.9. The molecule has 7 heteroatoms. The van der Waals surface area contributed by atoms with Gasteiger partial charge < -0.3 is 19.5 Å². The number of ketones is 1. The van der Waals surface area contributed by atoms with Crippen molar-refractivity contribution in [3.63, 3.8) is 0 Å². The van der Waals surface area contributed by atoms with Crippen molar-refractivity contribution in [2.45, 2.75) is 6.04 Å². The number of para-hydroxylation sites is 1. The first kappa shape index (κ1) is 22.9. The molecule has 1 heterocycles. The summed E-state index contributed by atoms with van der Waals surface area (Å²) in [5, 5.41) is 11.5. The summed E-state index contributed by atoms with van der Waals surface area (Å²) in [4.78, 5) is 30.0. The zero-order chi connectivity index (χ0) is 24.4. The van der Waals surface area contributed by atoms with Gasteiger partial charge in [-0.05, 0) is 42.0 Å². The van der Waals surface area contributed by atoms with Gasteiger partial charge in [0.15, 0.2) is 0 Å². The summed E-state index contributed by atoms with van der Waals surface area (Å²) in [6, 6.07) is 20.7. The molecule has 0 aliphatic carbocycles. The van der Waals surface area contributed by atoms with Gasteiger partial charge in [0.1, 0.15) is 22.8 Å². The number of nitrogens with zero attached hydrogens (tertiary/aromatic N) is 2. The van der Waals surface area contributed by atoms with Crippen LogP contribution in [-0.2, 0) is 9.59 Å². The number of hydrogen-bond acceptors (Lipinski definition) is 6. The molecule has 1 aliphatic rings. The molecule has 1 saturated heterocycles. The van der Waals surface area contributed by atoms with E-state index >= 15 is 0 Å². The van der Waals surface area contributed by atoms with Crippen LogP contribution in [-0.4, -0.2) is 45.1 Å². The van der Waals surface area contributed by atoms with Gasteiger partial charge in [0.05, 0.1) is 25.8 Å². The van der Waals surface area contributed by atoms with Crippen molar-refractivity contribution >= 4 is 28.8 Å². The Kier molecular flexibility index (Phi) is 6.27. The predicted octanol–water partition coefficient (Wildman–Crippen LogP) is 4.40. The third kappa shape index (κ3) is 3.85. The Balaban J connectivity index is 1.99. The summed E-state index contributed by atoms with van der Waals surface area (Å²) in [7, 11) is 6.79. The maximum absolute atomic E-state index is 13.4. The normalized spacial score (nSPS) is 17.1. The minimum Gasteiger partial charge on any atom is -0.506 e. The molecule has 0 aromatic heterocycles. The largest absolute Gasteiger partial charge is 0.506 e. The number of hydrogen-bond donors (Lipinski definition) is 1. The Labute approximate surface area is 198 Å². The number of anilines is 2.